The summed E-state index contributed by atoms with van der Waals surface area (Å²) in [6, 6.07) is 7.30. The molecule has 0 atom stereocenters. The fourth-order valence-corrected chi connectivity index (χ4v) is 2.98. The molecule has 5 nitrogen and oxygen atoms in total. The number of halogens is 1. The van der Waals surface area contributed by atoms with E-state index in [-0.39, 0.29) is 17.8 Å². The van der Waals surface area contributed by atoms with Crippen molar-refractivity contribution < 1.29 is 13.9 Å². The minimum Gasteiger partial charge on any atom is -0.469 e. The van der Waals surface area contributed by atoms with Gasteiger partial charge in [-0.1, -0.05) is 11.6 Å². The smallest absolute Gasteiger partial charge is 0.308 e. The lowest BCUT2D eigenvalue weighted by molar-refractivity contribution is -0.146. The van der Waals surface area contributed by atoms with E-state index >= 15 is 0 Å². The minimum absolute atomic E-state index is 0.0000861. The lowest BCUT2D eigenvalue weighted by Gasteiger charge is -2.24. The van der Waals surface area contributed by atoms with Crippen LogP contribution in [0.1, 0.15) is 37.5 Å². The first-order chi connectivity index (χ1) is 10.7. The summed E-state index contributed by atoms with van der Waals surface area (Å²) < 4.78 is 10.6. The van der Waals surface area contributed by atoms with Gasteiger partial charge in [0.15, 0.2) is 0 Å². The number of methoxy groups -OCH3 is 1. The average Bonchev–Trinajstić information content (AvgIpc) is 3.05. The second-order valence-electron chi connectivity index (χ2n) is 5.52. The number of rotatable bonds is 3. The van der Waals surface area contributed by atoms with E-state index in [2.05, 4.69) is 10.2 Å². The Labute approximate surface area is 133 Å². The fourth-order valence-electron chi connectivity index (χ4n) is 2.85. The van der Waals surface area contributed by atoms with E-state index in [0.717, 1.165) is 31.2 Å². The van der Waals surface area contributed by atoms with Gasteiger partial charge < -0.3 is 9.15 Å². The van der Waals surface area contributed by atoms with Crippen LogP contribution in [0.25, 0.3) is 11.5 Å². The summed E-state index contributed by atoms with van der Waals surface area (Å²) in [7, 11) is 1.44. The number of ether oxygens (including phenoxy) is 1. The molecule has 6 heteroatoms. The van der Waals surface area contributed by atoms with Gasteiger partial charge in [0, 0.05) is 16.5 Å². The number of nitrogens with zero attached hydrogens (tertiary/aromatic N) is 2. The third kappa shape index (κ3) is 3.14. The first-order valence-electron chi connectivity index (χ1n) is 7.34. The molecule has 0 aliphatic heterocycles. The molecule has 0 spiro atoms. The normalized spacial score (nSPS) is 21.5. The summed E-state index contributed by atoms with van der Waals surface area (Å²) in [4.78, 5) is 11.5. The van der Waals surface area contributed by atoms with Crippen LogP contribution in [-0.4, -0.2) is 23.3 Å². The Bertz CT molecular complexity index is 646. The van der Waals surface area contributed by atoms with Gasteiger partial charge in [0.2, 0.25) is 11.8 Å². The summed E-state index contributed by atoms with van der Waals surface area (Å²) in [6.45, 7) is 0. The first-order valence-corrected chi connectivity index (χ1v) is 7.72. The van der Waals surface area contributed by atoms with Crippen molar-refractivity contribution in [3.63, 3.8) is 0 Å². The number of esters is 1. The van der Waals surface area contributed by atoms with E-state index in [1.165, 1.54) is 7.11 Å². The molecule has 0 amide bonds. The van der Waals surface area contributed by atoms with Gasteiger partial charge in [-0.25, -0.2) is 0 Å². The topological polar surface area (TPSA) is 65.2 Å². The molecule has 1 aliphatic rings. The highest BCUT2D eigenvalue weighted by Crippen LogP contribution is 2.36. The second kappa shape index (κ2) is 6.48. The fraction of sp³-hybridized carbons (Fsp3) is 0.438. The molecule has 22 heavy (non-hydrogen) atoms. The molecule has 0 saturated heterocycles. The zero-order valence-corrected chi connectivity index (χ0v) is 13.0. The van der Waals surface area contributed by atoms with Gasteiger partial charge in [0.1, 0.15) is 0 Å². The molecule has 1 aromatic heterocycles. The number of aromatic nitrogens is 2. The molecule has 3 rings (SSSR count). The van der Waals surface area contributed by atoms with Gasteiger partial charge in [0.25, 0.3) is 0 Å². The zero-order valence-electron chi connectivity index (χ0n) is 12.3. The van der Waals surface area contributed by atoms with E-state index in [1.54, 1.807) is 12.1 Å². The molecule has 1 aromatic carbocycles. The van der Waals surface area contributed by atoms with Crippen LogP contribution in [0.2, 0.25) is 5.02 Å². The minimum atomic E-state index is -0.120. The number of hydrogen-bond donors (Lipinski definition) is 0. The van der Waals surface area contributed by atoms with Crippen molar-refractivity contribution in [2.75, 3.05) is 7.11 Å². The molecular weight excluding hydrogens is 304 g/mol. The van der Waals surface area contributed by atoms with Gasteiger partial charge in [-0.3, -0.25) is 4.79 Å². The van der Waals surface area contributed by atoms with Gasteiger partial charge in [0.05, 0.1) is 13.0 Å². The molecule has 2 aromatic rings. The maximum absolute atomic E-state index is 11.5. The van der Waals surface area contributed by atoms with Gasteiger partial charge in [-0.2, -0.15) is 0 Å². The Hall–Kier alpha value is -1.88. The maximum Gasteiger partial charge on any atom is 0.308 e. The Kier molecular flexibility index (Phi) is 4.43. The largest absolute Gasteiger partial charge is 0.469 e. The Balaban J connectivity index is 1.67. The predicted octanol–water partition coefficient (Wildman–Crippen LogP) is 3.84. The van der Waals surface area contributed by atoms with Crippen molar-refractivity contribution in [3.8, 4) is 11.5 Å². The molecule has 0 N–H and O–H groups in total. The molecular formula is C16H17ClN2O3. The lowest BCUT2D eigenvalue weighted by Crippen LogP contribution is -2.22. The highest BCUT2D eigenvalue weighted by Gasteiger charge is 2.30. The maximum atomic E-state index is 11.5. The van der Waals surface area contributed by atoms with Crippen LogP contribution < -0.4 is 0 Å². The third-order valence-electron chi connectivity index (χ3n) is 4.14. The van der Waals surface area contributed by atoms with E-state index in [0.29, 0.717) is 16.8 Å². The Morgan fingerprint density at radius 3 is 2.50 bits per heavy atom. The van der Waals surface area contributed by atoms with Crippen LogP contribution in [-0.2, 0) is 9.53 Å². The van der Waals surface area contributed by atoms with E-state index in [1.807, 2.05) is 12.1 Å². The Morgan fingerprint density at radius 1 is 1.18 bits per heavy atom. The van der Waals surface area contributed by atoms with Gasteiger partial charge in [-0.15, -0.1) is 10.2 Å². The van der Waals surface area contributed by atoms with Gasteiger partial charge in [-0.05, 0) is 49.9 Å². The molecule has 0 unspecified atom stereocenters. The zero-order chi connectivity index (χ0) is 15.5. The monoisotopic (exact) mass is 320 g/mol. The van der Waals surface area contributed by atoms with Crippen LogP contribution in [0.4, 0.5) is 0 Å². The molecule has 0 bridgehead atoms. The molecule has 1 heterocycles. The van der Waals surface area contributed by atoms with Crippen LogP contribution in [0.5, 0.6) is 0 Å². The van der Waals surface area contributed by atoms with Crippen molar-refractivity contribution in [1.29, 1.82) is 0 Å². The first kappa shape index (κ1) is 15.0. The van der Waals surface area contributed by atoms with E-state index in [9.17, 15) is 4.79 Å². The van der Waals surface area contributed by atoms with Crippen LogP contribution in [0.15, 0.2) is 28.7 Å². The van der Waals surface area contributed by atoms with Crippen molar-refractivity contribution in [2.24, 2.45) is 5.92 Å². The standard InChI is InChI=1S/C16H17ClN2O3/c1-21-16(20)12-4-2-10(3-5-12)14-18-19-15(22-14)11-6-8-13(17)9-7-11/h6-10,12H,2-5H2,1H3. The Morgan fingerprint density at radius 2 is 1.86 bits per heavy atom. The van der Waals surface area contributed by atoms with Crippen molar-refractivity contribution in [1.82, 2.24) is 10.2 Å². The number of benzene rings is 1. The van der Waals surface area contributed by atoms with E-state index < -0.39 is 0 Å². The number of carbonyl (C=O) groups excluding carboxylic acids is 1. The lowest BCUT2D eigenvalue weighted by atomic mass is 9.82. The van der Waals surface area contributed by atoms with E-state index in [4.69, 9.17) is 20.8 Å². The number of hydrogen-bond acceptors (Lipinski definition) is 5. The average molecular weight is 321 g/mol. The van der Waals surface area contributed by atoms with Gasteiger partial charge >= 0.3 is 5.97 Å². The predicted molar refractivity (Wildman–Crippen MR) is 81.5 cm³/mol. The molecule has 1 fully saturated rings. The van der Waals surface area contributed by atoms with Crippen LogP contribution in [0, 0.1) is 5.92 Å². The molecule has 1 aliphatic carbocycles. The third-order valence-corrected chi connectivity index (χ3v) is 4.39. The molecule has 116 valence electrons. The highest BCUT2D eigenvalue weighted by atomic mass is 35.5. The quantitative estimate of drug-likeness (QED) is 0.804. The van der Waals surface area contributed by atoms with Crippen molar-refractivity contribution in [2.45, 2.75) is 31.6 Å². The van der Waals surface area contributed by atoms with Crippen molar-refractivity contribution >= 4 is 17.6 Å². The SMILES string of the molecule is COC(=O)C1CCC(c2nnc(-c3ccc(Cl)cc3)o2)CC1. The summed E-state index contributed by atoms with van der Waals surface area (Å²) in [5.41, 5.74) is 0.853. The van der Waals surface area contributed by atoms with Crippen LogP contribution >= 0.6 is 11.6 Å². The summed E-state index contributed by atoms with van der Waals surface area (Å²) in [5.74, 6) is 1.25. The summed E-state index contributed by atoms with van der Waals surface area (Å²) in [5, 5.41) is 8.94. The molecule has 1 saturated carbocycles. The van der Waals surface area contributed by atoms with Crippen LogP contribution in [0.3, 0.4) is 0 Å². The van der Waals surface area contributed by atoms with Crippen molar-refractivity contribution in [3.05, 3.63) is 35.2 Å². The number of carbonyl (C=O) groups is 1. The summed E-state index contributed by atoms with van der Waals surface area (Å²) >= 11 is 5.87. The second-order valence-corrected chi connectivity index (χ2v) is 5.96. The summed E-state index contributed by atoms with van der Waals surface area (Å²) in [6.07, 6.45) is 3.33. The highest BCUT2D eigenvalue weighted by molar-refractivity contribution is 6.30. The molecule has 0 radical (unpaired) electrons.